The van der Waals surface area contributed by atoms with Crippen LogP contribution in [0.4, 0.5) is 0 Å². The number of aliphatic hydroxyl groups excluding tert-OH is 2. The van der Waals surface area contributed by atoms with Gasteiger partial charge in [0.2, 0.25) is 11.8 Å². The predicted molar refractivity (Wildman–Crippen MR) is 212 cm³/mol. The maximum Gasteiger partial charge on any atom is 0.220 e. The standard InChI is InChI=1S/C44H80N2O4/c1-3-41(47)32-25-21-17-13-9-5-7-11-15-19-23-27-34-43(49)45-37-39-30-29-31-40(36-39)38-46-44(50)35-28-24-20-16-12-8-6-10-14-18-22-26-33-42(48)4-2/h29-31,36,41-42,47-48H,3-28,32-35,37-38H2,1-2H3,(H,45,49)(H,46,50). The lowest BCUT2D eigenvalue weighted by molar-refractivity contribution is -0.122. The number of rotatable bonds is 36. The highest BCUT2D eigenvalue weighted by Crippen LogP contribution is 2.16. The molecule has 2 unspecified atom stereocenters. The van der Waals surface area contributed by atoms with Gasteiger partial charge in [-0.1, -0.05) is 179 Å². The van der Waals surface area contributed by atoms with Crippen LogP contribution in [0.3, 0.4) is 0 Å². The van der Waals surface area contributed by atoms with Crippen molar-refractivity contribution in [3.05, 3.63) is 35.4 Å². The van der Waals surface area contributed by atoms with Crippen LogP contribution in [0.15, 0.2) is 24.3 Å². The van der Waals surface area contributed by atoms with Crippen LogP contribution in [0.5, 0.6) is 0 Å². The number of amides is 2. The van der Waals surface area contributed by atoms with E-state index in [0.29, 0.717) is 25.9 Å². The van der Waals surface area contributed by atoms with E-state index in [2.05, 4.69) is 16.7 Å². The van der Waals surface area contributed by atoms with E-state index in [9.17, 15) is 19.8 Å². The first kappa shape index (κ1) is 46.1. The molecule has 1 aromatic carbocycles. The minimum atomic E-state index is -0.0973. The normalized spacial score (nSPS) is 12.6. The summed E-state index contributed by atoms with van der Waals surface area (Å²) in [4.78, 5) is 24.7. The maximum absolute atomic E-state index is 12.4. The summed E-state index contributed by atoms with van der Waals surface area (Å²) in [6.07, 6.45) is 34.5. The Kier molecular flexibility index (Phi) is 31.5. The third-order valence-corrected chi connectivity index (χ3v) is 10.3. The molecule has 0 aliphatic carbocycles. The first-order chi connectivity index (χ1) is 24.4. The zero-order chi connectivity index (χ0) is 36.3. The number of carbonyl (C=O) groups excluding carboxylic acids is 2. The second-order valence-electron chi connectivity index (χ2n) is 15.1. The first-order valence-corrected chi connectivity index (χ1v) is 21.4. The van der Waals surface area contributed by atoms with Gasteiger partial charge in [-0.2, -0.15) is 0 Å². The average molecular weight is 701 g/mol. The van der Waals surface area contributed by atoms with Gasteiger partial charge < -0.3 is 20.8 Å². The van der Waals surface area contributed by atoms with Crippen molar-refractivity contribution >= 4 is 11.8 Å². The van der Waals surface area contributed by atoms with Crippen LogP contribution in [0.25, 0.3) is 0 Å². The highest BCUT2D eigenvalue weighted by atomic mass is 16.3. The minimum Gasteiger partial charge on any atom is -0.393 e. The Bertz CT molecular complexity index is 854. The first-order valence-electron chi connectivity index (χ1n) is 21.4. The summed E-state index contributed by atoms with van der Waals surface area (Å²) in [6, 6.07) is 8.16. The number of hydrogen-bond donors (Lipinski definition) is 4. The van der Waals surface area contributed by atoms with E-state index in [0.717, 1.165) is 75.3 Å². The average Bonchev–Trinajstić information content (AvgIpc) is 3.13. The van der Waals surface area contributed by atoms with E-state index in [4.69, 9.17) is 0 Å². The lowest BCUT2D eigenvalue weighted by Gasteiger charge is -2.09. The van der Waals surface area contributed by atoms with Gasteiger partial charge in [0.1, 0.15) is 0 Å². The SMILES string of the molecule is CCC(O)CCCCCCCCCCCCCCC(=O)NCc1cccc(CNC(=O)CCCCCCCCCCCCCCC(O)CC)c1. The number of unbranched alkanes of at least 4 members (excludes halogenated alkanes) is 22. The third kappa shape index (κ3) is 29.8. The molecule has 1 aromatic rings. The molecule has 0 bridgehead atoms. The van der Waals surface area contributed by atoms with Gasteiger partial charge in [0.15, 0.2) is 0 Å². The summed E-state index contributed by atoms with van der Waals surface area (Å²) in [5.74, 6) is 0.249. The van der Waals surface area contributed by atoms with Gasteiger partial charge in [-0.05, 0) is 49.7 Å². The smallest absolute Gasteiger partial charge is 0.220 e. The predicted octanol–water partition coefficient (Wildman–Crippen LogP) is 11.4. The van der Waals surface area contributed by atoms with E-state index in [1.807, 2.05) is 32.0 Å². The minimum absolute atomic E-state index is 0.0973. The highest BCUT2D eigenvalue weighted by Gasteiger charge is 2.06. The molecule has 0 saturated heterocycles. The summed E-state index contributed by atoms with van der Waals surface area (Å²) < 4.78 is 0. The summed E-state index contributed by atoms with van der Waals surface area (Å²) >= 11 is 0. The van der Waals surface area contributed by atoms with Gasteiger partial charge in [-0.25, -0.2) is 0 Å². The van der Waals surface area contributed by atoms with E-state index < -0.39 is 0 Å². The topological polar surface area (TPSA) is 98.7 Å². The molecule has 2 amide bonds. The van der Waals surface area contributed by atoms with Crippen LogP contribution in [0, 0.1) is 0 Å². The monoisotopic (exact) mass is 701 g/mol. The summed E-state index contributed by atoms with van der Waals surface area (Å²) in [6.45, 7) is 5.17. The van der Waals surface area contributed by atoms with Crippen molar-refractivity contribution in [3.63, 3.8) is 0 Å². The van der Waals surface area contributed by atoms with Crippen LogP contribution in [-0.4, -0.2) is 34.2 Å². The number of hydrogen-bond acceptors (Lipinski definition) is 4. The van der Waals surface area contributed by atoms with Crippen molar-refractivity contribution in [1.29, 1.82) is 0 Å². The maximum atomic E-state index is 12.4. The van der Waals surface area contributed by atoms with E-state index in [1.54, 1.807) is 0 Å². The molecule has 50 heavy (non-hydrogen) atoms. The molecular weight excluding hydrogens is 620 g/mol. The molecule has 0 fully saturated rings. The van der Waals surface area contributed by atoms with Crippen molar-refractivity contribution in [2.75, 3.05) is 0 Å². The van der Waals surface area contributed by atoms with Crippen molar-refractivity contribution < 1.29 is 19.8 Å². The lowest BCUT2D eigenvalue weighted by Crippen LogP contribution is -2.23. The molecule has 1 rings (SSSR count). The zero-order valence-corrected chi connectivity index (χ0v) is 32.8. The quantitative estimate of drug-likeness (QED) is 0.0524. The van der Waals surface area contributed by atoms with Crippen LogP contribution in [-0.2, 0) is 22.7 Å². The Labute approximate surface area is 308 Å². The molecule has 0 spiro atoms. The van der Waals surface area contributed by atoms with E-state index in [1.165, 1.54) is 116 Å². The summed E-state index contributed by atoms with van der Waals surface area (Å²) in [5.41, 5.74) is 2.15. The van der Waals surface area contributed by atoms with Gasteiger partial charge in [-0.15, -0.1) is 0 Å². The Balaban J connectivity index is 1.94. The molecule has 6 nitrogen and oxygen atoms in total. The Morgan fingerprint density at radius 2 is 0.760 bits per heavy atom. The van der Waals surface area contributed by atoms with Crippen LogP contribution < -0.4 is 10.6 Å². The van der Waals surface area contributed by atoms with Crippen LogP contribution in [0.2, 0.25) is 0 Å². The Morgan fingerprint density at radius 1 is 0.480 bits per heavy atom. The molecule has 2 atom stereocenters. The molecule has 290 valence electrons. The second-order valence-corrected chi connectivity index (χ2v) is 15.1. The fraction of sp³-hybridized carbons (Fsp3) is 0.818. The fourth-order valence-corrected chi connectivity index (χ4v) is 6.70. The molecule has 0 heterocycles. The van der Waals surface area contributed by atoms with Crippen molar-refractivity contribution in [2.45, 2.75) is 232 Å². The third-order valence-electron chi connectivity index (χ3n) is 10.3. The van der Waals surface area contributed by atoms with Crippen molar-refractivity contribution in [2.24, 2.45) is 0 Å². The summed E-state index contributed by atoms with van der Waals surface area (Å²) in [7, 11) is 0. The van der Waals surface area contributed by atoms with Gasteiger partial charge in [-0.3, -0.25) is 9.59 Å². The zero-order valence-electron chi connectivity index (χ0n) is 32.8. The summed E-state index contributed by atoms with van der Waals surface area (Å²) in [5, 5.41) is 25.3. The number of carbonyl (C=O) groups is 2. The lowest BCUT2D eigenvalue weighted by atomic mass is 10.0. The number of aliphatic hydroxyl groups is 2. The molecule has 4 N–H and O–H groups in total. The van der Waals surface area contributed by atoms with Gasteiger partial charge in [0.05, 0.1) is 12.2 Å². The van der Waals surface area contributed by atoms with E-state index >= 15 is 0 Å². The largest absolute Gasteiger partial charge is 0.393 e. The van der Waals surface area contributed by atoms with Crippen molar-refractivity contribution in [1.82, 2.24) is 10.6 Å². The second kappa shape index (κ2) is 34.2. The molecule has 6 heteroatoms. The Morgan fingerprint density at radius 3 is 1.06 bits per heavy atom. The molecule has 0 aliphatic heterocycles. The molecule has 0 radical (unpaired) electrons. The van der Waals surface area contributed by atoms with E-state index in [-0.39, 0.29) is 24.0 Å². The van der Waals surface area contributed by atoms with Crippen LogP contribution >= 0.6 is 0 Å². The molecule has 0 aromatic heterocycles. The fourth-order valence-electron chi connectivity index (χ4n) is 6.70. The van der Waals surface area contributed by atoms with Crippen LogP contribution in [0.1, 0.15) is 218 Å². The molecule has 0 aliphatic rings. The van der Waals surface area contributed by atoms with Crippen molar-refractivity contribution in [3.8, 4) is 0 Å². The number of nitrogens with one attached hydrogen (secondary N) is 2. The number of benzene rings is 1. The highest BCUT2D eigenvalue weighted by molar-refractivity contribution is 5.76. The van der Waals surface area contributed by atoms with Gasteiger partial charge in [0.25, 0.3) is 0 Å². The molecule has 0 saturated carbocycles. The van der Waals surface area contributed by atoms with Gasteiger partial charge >= 0.3 is 0 Å². The van der Waals surface area contributed by atoms with Gasteiger partial charge in [0, 0.05) is 25.9 Å². The Hall–Kier alpha value is -1.92. The molecular formula is C44H80N2O4.